The van der Waals surface area contributed by atoms with Crippen LogP contribution in [0.4, 0.5) is 0 Å². The van der Waals surface area contributed by atoms with E-state index in [4.69, 9.17) is 4.74 Å². The van der Waals surface area contributed by atoms with Crippen LogP contribution in [0.1, 0.15) is 13.8 Å². The molecule has 3 unspecified atom stereocenters. The van der Waals surface area contributed by atoms with Gasteiger partial charge in [-0.15, -0.1) is 11.8 Å². The minimum Gasteiger partial charge on any atom is -0.481 e. The maximum Gasteiger partial charge on any atom is 0.327 e. The second-order valence-electron chi connectivity index (χ2n) is 4.75. The third-order valence-electron chi connectivity index (χ3n) is 3.24. The molecule has 2 rings (SSSR count). The molecule has 1 N–H and O–H groups in total. The molecule has 0 aliphatic carbocycles. The highest BCUT2D eigenvalue weighted by atomic mass is 79.9. The van der Waals surface area contributed by atoms with Gasteiger partial charge in [0.1, 0.15) is 11.8 Å². The van der Waals surface area contributed by atoms with Crippen LogP contribution in [0.25, 0.3) is 0 Å². The Kier molecular flexibility index (Phi) is 5.16. The number of carbonyl (C=O) groups excluding carboxylic acids is 1. The Morgan fingerprint density at radius 1 is 1.43 bits per heavy atom. The van der Waals surface area contributed by atoms with Gasteiger partial charge in [-0.3, -0.25) is 4.79 Å². The number of carboxylic acids is 1. The van der Waals surface area contributed by atoms with Crippen molar-refractivity contribution in [3.63, 3.8) is 0 Å². The molecule has 0 bridgehead atoms. The molecule has 1 fully saturated rings. The van der Waals surface area contributed by atoms with Gasteiger partial charge in [-0.25, -0.2) is 4.79 Å². The lowest BCUT2D eigenvalue weighted by atomic mass is 10.2. The topological polar surface area (TPSA) is 66.8 Å². The zero-order valence-corrected chi connectivity index (χ0v) is 14.1. The summed E-state index contributed by atoms with van der Waals surface area (Å²) in [7, 11) is 0. The van der Waals surface area contributed by atoms with Crippen molar-refractivity contribution < 1.29 is 19.4 Å². The third kappa shape index (κ3) is 3.71. The molecule has 0 aromatic heterocycles. The number of amides is 1. The fourth-order valence-electron chi connectivity index (χ4n) is 2.15. The molecule has 114 valence electrons. The van der Waals surface area contributed by atoms with E-state index in [1.165, 1.54) is 16.7 Å². The van der Waals surface area contributed by atoms with Crippen LogP contribution in [-0.4, -0.2) is 45.2 Å². The second-order valence-corrected chi connectivity index (χ2v) is 7.01. The van der Waals surface area contributed by atoms with Crippen molar-refractivity contribution in [3.05, 3.63) is 28.7 Å². The number of rotatable bonds is 4. The molecule has 0 radical (unpaired) electrons. The number of hydrogen-bond acceptors (Lipinski definition) is 4. The molecule has 1 aromatic carbocycles. The smallest absolute Gasteiger partial charge is 0.327 e. The molecule has 1 amide bonds. The SMILES string of the molecule is CC(Oc1ccc(Br)cc1)C(=O)N1C(C)SCC1C(=O)O. The summed E-state index contributed by atoms with van der Waals surface area (Å²) in [6.07, 6.45) is -0.728. The van der Waals surface area contributed by atoms with E-state index < -0.39 is 18.1 Å². The summed E-state index contributed by atoms with van der Waals surface area (Å²) in [5.41, 5.74) is 0. The molecule has 1 saturated heterocycles. The first kappa shape index (κ1) is 16.2. The quantitative estimate of drug-likeness (QED) is 0.878. The van der Waals surface area contributed by atoms with Crippen molar-refractivity contribution in [1.29, 1.82) is 0 Å². The molecule has 3 atom stereocenters. The van der Waals surface area contributed by atoms with Crippen LogP contribution in [0, 0.1) is 0 Å². The van der Waals surface area contributed by atoms with Crippen molar-refractivity contribution in [3.8, 4) is 5.75 Å². The van der Waals surface area contributed by atoms with Crippen molar-refractivity contribution in [2.75, 3.05) is 5.75 Å². The number of benzene rings is 1. The lowest BCUT2D eigenvalue weighted by molar-refractivity contribution is -0.151. The monoisotopic (exact) mass is 373 g/mol. The fraction of sp³-hybridized carbons (Fsp3) is 0.429. The van der Waals surface area contributed by atoms with E-state index in [0.29, 0.717) is 11.5 Å². The van der Waals surface area contributed by atoms with Gasteiger partial charge in [-0.2, -0.15) is 0 Å². The maximum absolute atomic E-state index is 12.5. The van der Waals surface area contributed by atoms with Crippen LogP contribution in [-0.2, 0) is 9.59 Å². The van der Waals surface area contributed by atoms with Gasteiger partial charge in [0.25, 0.3) is 5.91 Å². The highest BCUT2D eigenvalue weighted by molar-refractivity contribution is 9.10. The predicted molar refractivity (Wildman–Crippen MR) is 84.4 cm³/mol. The molecule has 1 aliphatic rings. The van der Waals surface area contributed by atoms with Crippen LogP contribution in [0.3, 0.4) is 0 Å². The molecule has 0 spiro atoms. The summed E-state index contributed by atoms with van der Waals surface area (Å²) < 4.78 is 6.53. The van der Waals surface area contributed by atoms with Gasteiger partial charge in [0.15, 0.2) is 6.10 Å². The largest absolute Gasteiger partial charge is 0.481 e. The zero-order chi connectivity index (χ0) is 15.6. The molecule has 0 saturated carbocycles. The Hall–Kier alpha value is -1.21. The first-order chi connectivity index (χ1) is 9.90. The average molecular weight is 374 g/mol. The lowest BCUT2D eigenvalue weighted by Gasteiger charge is -2.28. The van der Waals surface area contributed by atoms with Crippen LogP contribution in [0.15, 0.2) is 28.7 Å². The summed E-state index contributed by atoms with van der Waals surface area (Å²) in [5.74, 6) is -0.294. The second kappa shape index (κ2) is 6.70. The summed E-state index contributed by atoms with van der Waals surface area (Å²) in [6, 6.07) is 6.37. The maximum atomic E-state index is 12.5. The molecule has 5 nitrogen and oxygen atoms in total. The molecular weight excluding hydrogens is 358 g/mol. The van der Waals surface area contributed by atoms with Gasteiger partial charge in [0, 0.05) is 10.2 Å². The van der Waals surface area contributed by atoms with Crippen molar-refractivity contribution in [2.45, 2.75) is 31.4 Å². The highest BCUT2D eigenvalue weighted by Crippen LogP contribution is 2.30. The molecule has 1 aliphatic heterocycles. The third-order valence-corrected chi connectivity index (χ3v) is 4.98. The minimum absolute atomic E-state index is 0.158. The summed E-state index contributed by atoms with van der Waals surface area (Å²) in [4.78, 5) is 25.1. The molecular formula is C14H16BrNO4S. The van der Waals surface area contributed by atoms with E-state index in [0.717, 1.165) is 4.47 Å². The number of nitrogens with zero attached hydrogens (tertiary/aromatic N) is 1. The van der Waals surface area contributed by atoms with Crippen molar-refractivity contribution in [2.24, 2.45) is 0 Å². The number of halogens is 1. The zero-order valence-electron chi connectivity index (χ0n) is 11.7. The van der Waals surface area contributed by atoms with E-state index in [1.54, 1.807) is 19.1 Å². The van der Waals surface area contributed by atoms with Crippen LogP contribution >= 0.6 is 27.7 Å². The van der Waals surface area contributed by atoms with E-state index in [-0.39, 0.29) is 11.3 Å². The standard InChI is InChI=1S/C14H16BrNO4S/c1-8(20-11-5-3-10(15)4-6-11)13(17)16-9(2)21-7-12(16)14(18)19/h3-6,8-9,12H,7H2,1-2H3,(H,18,19). The predicted octanol–water partition coefficient (Wildman–Crippen LogP) is 2.59. The van der Waals surface area contributed by atoms with Crippen molar-refractivity contribution >= 4 is 39.6 Å². The number of ether oxygens (including phenoxy) is 1. The lowest BCUT2D eigenvalue weighted by Crippen LogP contribution is -2.49. The Morgan fingerprint density at radius 2 is 2.05 bits per heavy atom. The first-order valence-electron chi connectivity index (χ1n) is 6.49. The molecule has 1 aromatic rings. The molecule has 1 heterocycles. The highest BCUT2D eigenvalue weighted by Gasteiger charge is 2.41. The molecule has 21 heavy (non-hydrogen) atoms. The normalized spacial score (nSPS) is 22.9. The van der Waals surface area contributed by atoms with Gasteiger partial charge in [-0.05, 0) is 38.1 Å². The Morgan fingerprint density at radius 3 is 2.62 bits per heavy atom. The first-order valence-corrected chi connectivity index (χ1v) is 8.33. The van der Waals surface area contributed by atoms with Gasteiger partial charge < -0.3 is 14.7 Å². The van der Waals surface area contributed by atoms with Crippen molar-refractivity contribution in [1.82, 2.24) is 4.90 Å². The Labute approximate surface area is 135 Å². The van der Waals surface area contributed by atoms with Crippen LogP contribution < -0.4 is 4.74 Å². The number of aliphatic carboxylic acids is 1. The fourth-order valence-corrected chi connectivity index (χ4v) is 3.58. The van der Waals surface area contributed by atoms with Gasteiger partial charge >= 0.3 is 5.97 Å². The van der Waals surface area contributed by atoms with Gasteiger partial charge in [0.05, 0.1) is 5.37 Å². The summed E-state index contributed by atoms with van der Waals surface area (Å²) in [6.45, 7) is 3.47. The average Bonchev–Trinajstić information content (AvgIpc) is 2.82. The van der Waals surface area contributed by atoms with Gasteiger partial charge in [0.2, 0.25) is 0 Å². The van der Waals surface area contributed by atoms with E-state index >= 15 is 0 Å². The van der Waals surface area contributed by atoms with Gasteiger partial charge in [-0.1, -0.05) is 15.9 Å². The number of hydrogen-bond donors (Lipinski definition) is 1. The number of thioether (sulfide) groups is 1. The summed E-state index contributed by atoms with van der Waals surface area (Å²) >= 11 is 4.79. The summed E-state index contributed by atoms with van der Waals surface area (Å²) in [5, 5.41) is 9.04. The molecule has 7 heteroatoms. The van der Waals surface area contributed by atoms with E-state index in [9.17, 15) is 14.7 Å². The van der Waals surface area contributed by atoms with Crippen LogP contribution in [0.2, 0.25) is 0 Å². The Balaban J connectivity index is 2.07. The minimum atomic E-state index is -0.976. The van der Waals surface area contributed by atoms with Crippen LogP contribution in [0.5, 0.6) is 5.75 Å². The number of carbonyl (C=O) groups is 2. The van der Waals surface area contributed by atoms with E-state index in [2.05, 4.69) is 15.9 Å². The Bertz CT molecular complexity index is 536. The number of carboxylic acid groups (broad SMARTS) is 1. The van der Waals surface area contributed by atoms with E-state index in [1.807, 2.05) is 19.1 Å².